The van der Waals surface area contributed by atoms with Crippen LogP contribution in [0, 0.1) is 5.82 Å². The van der Waals surface area contributed by atoms with Gasteiger partial charge < -0.3 is 5.32 Å². The molecule has 0 fully saturated rings. The van der Waals surface area contributed by atoms with E-state index in [0.29, 0.717) is 0 Å². The van der Waals surface area contributed by atoms with Gasteiger partial charge in [-0.25, -0.2) is 4.39 Å². The average Bonchev–Trinajstić information content (AvgIpc) is 2.09. The van der Waals surface area contributed by atoms with Crippen LogP contribution < -0.4 is 5.32 Å². The lowest BCUT2D eigenvalue weighted by Gasteiger charge is -2.01. The highest BCUT2D eigenvalue weighted by Crippen LogP contribution is 2.11. The fourth-order valence-corrected chi connectivity index (χ4v) is 0.888. The molecular weight excluding hydrogens is 169 g/mol. The fraction of sp³-hybridized carbons (Fsp3) is 0.100. The molecule has 2 nitrogen and oxygen atoms in total. The summed E-state index contributed by atoms with van der Waals surface area (Å²) in [7, 11) is 0. The van der Waals surface area contributed by atoms with E-state index >= 15 is 0 Å². The molecule has 0 aliphatic carbocycles. The van der Waals surface area contributed by atoms with Crippen molar-refractivity contribution in [2.24, 2.45) is 0 Å². The van der Waals surface area contributed by atoms with E-state index in [1.807, 2.05) is 0 Å². The van der Waals surface area contributed by atoms with Crippen molar-refractivity contribution in [2.75, 3.05) is 5.32 Å². The van der Waals surface area contributed by atoms with Gasteiger partial charge in [-0.2, -0.15) is 0 Å². The lowest BCUT2D eigenvalue weighted by molar-refractivity contribution is -0.111. The first-order valence-electron chi connectivity index (χ1n) is 3.92. The van der Waals surface area contributed by atoms with Crippen LogP contribution in [0.5, 0.6) is 0 Å². The number of carbonyl (C=O) groups excluding carboxylic acids is 1. The molecule has 0 saturated carbocycles. The summed E-state index contributed by atoms with van der Waals surface area (Å²) in [5.74, 6) is -0.757. The van der Waals surface area contributed by atoms with Gasteiger partial charge in [-0.3, -0.25) is 4.79 Å². The third kappa shape index (κ3) is 2.71. The number of carbonyl (C=O) groups is 1. The van der Waals surface area contributed by atoms with Crippen LogP contribution in [0.15, 0.2) is 36.4 Å². The summed E-state index contributed by atoms with van der Waals surface area (Å²) in [6.07, 6.45) is 2.93. The first-order valence-corrected chi connectivity index (χ1v) is 3.92. The molecule has 0 bridgehead atoms. The van der Waals surface area contributed by atoms with Crippen LogP contribution in [0.25, 0.3) is 0 Å². The maximum absolute atomic E-state index is 13.0. The molecule has 3 heteroatoms. The van der Waals surface area contributed by atoms with E-state index in [9.17, 15) is 9.18 Å². The maximum atomic E-state index is 13.0. The maximum Gasteiger partial charge on any atom is 0.248 e. The minimum atomic E-state index is -0.430. The normalized spacial score (nSPS) is 10.3. The summed E-state index contributed by atoms with van der Waals surface area (Å²) in [5.41, 5.74) is 0.200. The number of amides is 1. The second-order valence-electron chi connectivity index (χ2n) is 2.47. The van der Waals surface area contributed by atoms with E-state index in [0.717, 1.165) is 0 Å². The first-order chi connectivity index (χ1) is 6.24. The summed E-state index contributed by atoms with van der Waals surface area (Å²) >= 11 is 0. The Labute approximate surface area is 76.1 Å². The molecule has 0 unspecified atom stereocenters. The fourth-order valence-electron chi connectivity index (χ4n) is 0.888. The van der Waals surface area contributed by atoms with Gasteiger partial charge in [0.05, 0.1) is 5.69 Å². The predicted molar refractivity (Wildman–Crippen MR) is 49.8 cm³/mol. The van der Waals surface area contributed by atoms with Crippen molar-refractivity contribution in [3.05, 3.63) is 42.2 Å². The van der Waals surface area contributed by atoms with Crippen LogP contribution in [0.2, 0.25) is 0 Å². The van der Waals surface area contributed by atoms with Gasteiger partial charge in [0.1, 0.15) is 5.82 Å². The van der Waals surface area contributed by atoms with Crippen molar-refractivity contribution in [3.63, 3.8) is 0 Å². The Morgan fingerprint density at radius 2 is 2.15 bits per heavy atom. The highest BCUT2D eigenvalue weighted by atomic mass is 19.1. The molecule has 1 aromatic rings. The van der Waals surface area contributed by atoms with E-state index in [1.165, 1.54) is 18.2 Å². The Morgan fingerprint density at radius 3 is 2.77 bits per heavy atom. The van der Waals surface area contributed by atoms with E-state index in [1.54, 1.807) is 25.1 Å². The Balaban J connectivity index is 2.74. The van der Waals surface area contributed by atoms with Gasteiger partial charge in [0.25, 0.3) is 0 Å². The van der Waals surface area contributed by atoms with Gasteiger partial charge in [-0.15, -0.1) is 0 Å². The second-order valence-corrected chi connectivity index (χ2v) is 2.47. The largest absolute Gasteiger partial charge is 0.320 e. The molecule has 0 aromatic heterocycles. The number of halogens is 1. The lowest BCUT2D eigenvalue weighted by atomic mass is 10.3. The molecule has 1 N–H and O–H groups in total. The molecule has 0 saturated heterocycles. The monoisotopic (exact) mass is 179 g/mol. The smallest absolute Gasteiger partial charge is 0.248 e. The number of nitrogens with one attached hydrogen (secondary N) is 1. The quantitative estimate of drug-likeness (QED) is 0.693. The summed E-state index contributed by atoms with van der Waals surface area (Å²) in [5, 5.41) is 2.41. The van der Waals surface area contributed by atoms with E-state index in [-0.39, 0.29) is 11.6 Å². The zero-order chi connectivity index (χ0) is 9.68. The molecule has 0 aliphatic rings. The van der Waals surface area contributed by atoms with Crippen LogP contribution in [0.3, 0.4) is 0 Å². The number of benzene rings is 1. The summed E-state index contributed by atoms with van der Waals surface area (Å²) in [4.78, 5) is 11.0. The van der Waals surface area contributed by atoms with Crippen molar-refractivity contribution in [1.29, 1.82) is 0 Å². The van der Waals surface area contributed by atoms with Gasteiger partial charge in [0.15, 0.2) is 0 Å². The molecule has 0 radical (unpaired) electrons. The minimum Gasteiger partial charge on any atom is -0.320 e. The highest BCUT2D eigenvalue weighted by molar-refractivity contribution is 5.99. The Bertz CT molecular complexity index is 333. The van der Waals surface area contributed by atoms with Crippen LogP contribution in [0.1, 0.15) is 6.92 Å². The highest BCUT2D eigenvalue weighted by Gasteiger charge is 2.01. The molecule has 0 aliphatic heterocycles. The van der Waals surface area contributed by atoms with Gasteiger partial charge in [-0.1, -0.05) is 18.2 Å². The molecular formula is C10H10FNO. The third-order valence-corrected chi connectivity index (χ3v) is 1.45. The standard InChI is InChI=1S/C10H10FNO/c1-2-5-10(13)12-9-7-4-3-6-8(9)11/h2-7H,1H3,(H,12,13). The molecule has 0 atom stereocenters. The summed E-state index contributed by atoms with van der Waals surface area (Å²) in [6, 6.07) is 6.04. The topological polar surface area (TPSA) is 29.1 Å². The number of rotatable bonds is 2. The number of hydrogen-bond acceptors (Lipinski definition) is 1. The van der Waals surface area contributed by atoms with E-state index in [4.69, 9.17) is 0 Å². The molecule has 0 spiro atoms. The Hall–Kier alpha value is -1.64. The summed E-state index contributed by atoms with van der Waals surface area (Å²) in [6.45, 7) is 1.72. The van der Waals surface area contributed by atoms with Gasteiger partial charge in [0.2, 0.25) is 5.91 Å². The molecule has 0 heterocycles. The lowest BCUT2D eigenvalue weighted by Crippen LogP contribution is -2.08. The second kappa shape index (κ2) is 4.40. The van der Waals surface area contributed by atoms with Crippen LogP contribution in [-0.4, -0.2) is 5.91 Å². The molecule has 68 valence electrons. The van der Waals surface area contributed by atoms with Crippen molar-refractivity contribution in [2.45, 2.75) is 6.92 Å². The summed E-state index contributed by atoms with van der Waals surface area (Å²) < 4.78 is 13.0. The van der Waals surface area contributed by atoms with Gasteiger partial charge in [0, 0.05) is 0 Å². The minimum absolute atomic E-state index is 0.200. The van der Waals surface area contributed by atoms with Crippen LogP contribution in [0.4, 0.5) is 10.1 Å². The van der Waals surface area contributed by atoms with Crippen LogP contribution >= 0.6 is 0 Å². The molecule has 1 aromatic carbocycles. The average molecular weight is 179 g/mol. The predicted octanol–water partition coefficient (Wildman–Crippen LogP) is 2.34. The number of para-hydroxylation sites is 1. The van der Waals surface area contributed by atoms with E-state index < -0.39 is 5.82 Å². The molecule has 1 amide bonds. The van der Waals surface area contributed by atoms with Crippen molar-refractivity contribution in [1.82, 2.24) is 0 Å². The van der Waals surface area contributed by atoms with Crippen molar-refractivity contribution >= 4 is 11.6 Å². The van der Waals surface area contributed by atoms with Gasteiger partial charge >= 0.3 is 0 Å². The molecule has 13 heavy (non-hydrogen) atoms. The Morgan fingerprint density at radius 1 is 1.46 bits per heavy atom. The first kappa shape index (κ1) is 9.45. The SMILES string of the molecule is CC=CC(=O)Nc1ccccc1F. The zero-order valence-corrected chi connectivity index (χ0v) is 7.25. The van der Waals surface area contributed by atoms with E-state index in [2.05, 4.69) is 5.32 Å². The third-order valence-electron chi connectivity index (χ3n) is 1.45. The van der Waals surface area contributed by atoms with Crippen molar-refractivity contribution < 1.29 is 9.18 Å². The van der Waals surface area contributed by atoms with Gasteiger partial charge in [-0.05, 0) is 25.1 Å². The number of allylic oxidation sites excluding steroid dienone is 1. The zero-order valence-electron chi connectivity index (χ0n) is 7.25. The Kier molecular flexibility index (Phi) is 3.20. The number of hydrogen-bond donors (Lipinski definition) is 1. The number of anilines is 1. The molecule has 1 rings (SSSR count). The van der Waals surface area contributed by atoms with Crippen LogP contribution in [-0.2, 0) is 4.79 Å². The van der Waals surface area contributed by atoms with Crippen molar-refractivity contribution in [3.8, 4) is 0 Å².